The molecule has 0 atom stereocenters. The number of para-hydroxylation sites is 1. The summed E-state index contributed by atoms with van der Waals surface area (Å²) in [5, 5.41) is 2.82. The molecule has 1 aromatic heterocycles. The second-order valence-corrected chi connectivity index (χ2v) is 7.01. The molecule has 0 aliphatic carbocycles. The highest BCUT2D eigenvalue weighted by Gasteiger charge is 2.19. The first-order valence-corrected chi connectivity index (χ1v) is 9.12. The van der Waals surface area contributed by atoms with E-state index in [1.165, 1.54) is 12.1 Å². The highest BCUT2D eigenvalue weighted by Crippen LogP contribution is 2.40. The van der Waals surface area contributed by atoms with E-state index in [-0.39, 0.29) is 37.1 Å². The molecule has 1 N–H and O–H groups in total. The van der Waals surface area contributed by atoms with Gasteiger partial charge in [0.25, 0.3) is 5.91 Å². The summed E-state index contributed by atoms with van der Waals surface area (Å²) in [6.07, 6.45) is 0. The average Bonchev–Trinajstić information content (AvgIpc) is 2.68. The van der Waals surface area contributed by atoms with Crippen LogP contribution in [0.5, 0.6) is 0 Å². The maximum absolute atomic E-state index is 12.1. The molecule has 0 fully saturated rings. The molecule has 144 valence electrons. The number of carbonyl (C=O) groups is 2. The summed E-state index contributed by atoms with van der Waals surface area (Å²) in [7, 11) is 0. The maximum atomic E-state index is 12.1. The Labute approximate surface area is 177 Å². The first kappa shape index (κ1) is 20.5. The van der Waals surface area contributed by atoms with E-state index in [1.807, 2.05) is 0 Å². The number of esters is 1. The van der Waals surface area contributed by atoms with Crippen LogP contribution in [0.3, 0.4) is 0 Å². The number of fused-ring (bicyclic) bond motifs is 1. The molecule has 3 aromatic rings. The van der Waals surface area contributed by atoms with Crippen LogP contribution in [0, 0.1) is 0 Å². The first-order valence-electron chi connectivity index (χ1n) is 7.60. The van der Waals surface area contributed by atoms with E-state index >= 15 is 0 Å². The van der Waals surface area contributed by atoms with Crippen molar-refractivity contribution >= 4 is 74.9 Å². The van der Waals surface area contributed by atoms with Gasteiger partial charge in [-0.3, -0.25) is 9.59 Å². The number of carbonyl (C=O) groups excluding carboxylic acids is 2. The Hall–Kier alpha value is -2.25. The van der Waals surface area contributed by atoms with Crippen molar-refractivity contribution in [3.63, 3.8) is 0 Å². The van der Waals surface area contributed by atoms with Gasteiger partial charge in [0, 0.05) is 6.07 Å². The van der Waals surface area contributed by atoms with Gasteiger partial charge in [-0.1, -0.05) is 58.5 Å². The number of ether oxygens (including phenoxy) is 1. The van der Waals surface area contributed by atoms with Gasteiger partial charge in [0.2, 0.25) is 5.76 Å². The minimum atomic E-state index is -0.987. The van der Waals surface area contributed by atoms with Gasteiger partial charge in [-0.25, -0.2) is 4.79 Å². The molecule has 0 radical (unpaired) electrons. The normalized spacial score (nSPS) is 10.7. The lowest BCUT2D eigenvalue weighted by atomic mass is 10.2. The van der Waals surface area contributed by atoms with E-state index in [0.717, 1.165) is 6.07 Å². The van der Waals surface area contributed by atoms with Crippen LogP contribution in [0.4, 0.5) is 5.69 Å². The summed E-state index contributed by atoms with van der Waals surface area (Å²) in [5.41, 5.74) is -0.206. The van der Waals surface area contributed by atoms with E-state index in [2.05, 4.69) is 5.32 Å². The van der Waals surface area contributed by atoms with Gasteiger partial charge < -0.3 is 14.5 Å². The fourth-order valence-corrected chi connectivity index (χ4v) is 3.17. The zero-order chi connectivity index (χ0) is 20.4. The summed E-state index contributed by atoms with van der Waals surface area (Å²) in [4.78, 5) is 36.2. The Balaban J connectivity index is 1.72. The topological polar surface area (TPSA) is 85.6 Å². The summed E-state index contributed by atoms with van der Waals surface area (Å²) in [5.74, 6) is -2.07. The predicted octanol–water partition coefficient (Wildman–Crippen LogP) is 5.20. The second kappa shape index (κ2) is 8.41. The van der Waals surface area contributed by atoms with Crippen molar-refractivity contribution in [1.82, 2.24) is 0 Å². The quantitative estimate of drug-likeness (QED) is 0.427. The molecule has 0 aliphatic heterocycles. The molecule has 0 spiro atoms. The minimum Gasteiger partial charge on any atom is -0.450 e. The van der Waals surface area contributed by atoms with Crippen LogP contribution in [0.25, 0.3) is 11.0 Å². The average molecular weight is 461 g/mol. The van der Waals surface area contributed by atoms with E-state index in [9.17, 15) is 14.4 Å². The number of hydrogen-bond acceptors (Lipinski definition) is 5. The smallest absolute Gasteiger partial charge is 0.374 e. The van der Waals surface area contributed by atoms with Crippen LogP contribution in [0.15, 0.2) is 45.6 Å². The van der Waals surface area contributed by atoms with Crippen LogP contribution in [-0.4, -0.2) is 18.5 Å². The van der Waals surface area contributed by atoms with Crippen LogP contribution in [0.1, 0.15) is 10.6 Å². The van der Waals surface area contributed by atoms with E-state index in [1.54, 1.807) is 18.2 Å². The minimum absolute atomic E-state index is 0.0147. The number of halogens is 4. The lowest BCUT2D eigenvalue weighted by Gasteiger charge is -2.12. The summed E-state index contributed by atoms with van der Waals surface area (Å²) < 4.78 is 10.2. The molecule has 1 heterocycles. The van der Waals surface area contributed by atoms with Gasteiger partial charge in [-0.05, 0) is 18.2 Å². The summed E-state index contributed by atoms with van der Waals surface area (Å²) in [6.45, 7) is -0.688. The van der Waals surface area contributed by atoms with Gasteiger partial charge in [-0.15, -0.1) is 0 Å². The van der Waals surface area contributed by atoms with Crippen molar-refractivity contribution in [2.24, 2.45) is 0 Å². The molecular formula is C18H9Cl4NO5. The highest BCUT2D eigenvalue weighted by atomic mass is 35.5. The van der Waals surface area contributed by atoms with Gasteiger partial charge in [0.15, 0.2) is 12.0 Å². The van der Waals surface area contributed by atoms with E-state index < -0.39 is 23.9 Å². The van der Waals surface area contributed by atoms with Crippen LogP contribution >= 0.6 is 46.4 Å². The summed E-state index contributed by atoms with van der Waals surface area (Å²) >= 11 is 23.8. The molecule has 0 saturated carbocycles. The van der Waals surface area contributed by atoms with E-state index in [0.29, 0.717) is 5.39 Å². The number of hydrogen-bond donors (Lipinski definition) is 1. The Morgan fingerprint density at radius 3 is 2.32 bits per heavy atom. The van der Waals surface area contributed by atoms with Gasteiger partial charge in [0.05, 0.1) is 31.2 Å². The third-order valence-corrected chi connectivity index (χ3v) is 5.12. The highest BCUT2D eigenvalue weighted by molar-refractivity contribution is 6.50. The molecule has 28 heavy (non-hydrogen) atoms. The van der Waals surface area contributed by atoms with E-state index in [4.69, 9.17) is 55.6 Å². The van der Waals surface area contributed by atoms with Crippen molar-refractivity contribution < 1.29 is 18.7 Å². The van der Waals surface area contributed by atoms with Crippen molar-refractivity contribution in [2.75, 3.05) is 11.9 Å². The van der Waals surface area contributed by atoms with Crippen LogP contribution in [0.2, 0.25) is 20.1 Å². The Morgan fingerprint density at radius 1 is 1.00 bits per heavy atom. The standard InChI is InChI=1S/C18H9Cl4NO5/c19-9-5-10(20)16(22)17(15(9)21)23-14(25)7-27-18(26)13-6-11(24)8-3-1-2-4-12(8)28-13/h1-6H,7H2,(H,23,25). The molecule has 3 rings (SSSR count). The second-order valence-electron chi connectivity index (χ2n) is 5.44. The van der Waals surface area contributed by atoms with Crippen LogP contribution < -0.4 is 10.7 Å². The molecule has 10 heteroatoms. The molecular weight excluding hydrogens is 452 g/mol. The molecule has 0 unspecified atom stereocenters. The zero-order valence-electron chi connectivity index (χ0n) is 13.7. The third kappa shape index (κ3) is 4.25. The van der Waals surface area contributed by atoms with Gasteiger partial charge >= 0.3 is 5.97 Å². The van der Waals surface area contributed by atoms with Crippen molar-refractivity contribution in [1.29, 1.82) is 0 Å². The molecule has 1 amide bonds. The number of amides is 1. The zero-order valence-corrected chi connectivity index (χ0v) is 16.7. The maximum Gasteiger partial charge on any atom is 0.374 e. The number of benzene rings is 2. The fraction of sp³-hybridized carbons (Fsp3) is 0.0556. The number of anilines is 1. The fourth-order valence-electron chi connectivity index (χ4n) is 2.27. The van der Waals surface area contributed by atoms with Gasteiger partial charge in [-0.2, -0.15) is 0 Å². The largest absolute Gasteiger partial charge is 0.450 e. The van der Waals surface area contributed by atoms with Crippen molar-refractivity contribution in [3.8, 4) is 0 Å². The number of nitrogens with one attached hydrogen (secondary N) is 1. The molecule has 6 nitrogen and oxygen atoms in total. The molecule has 0 saturated heterocycles. The molecule has 0 aliphatic rings. The first-order chi connectivity index (χ1) is 13.3. The van der Waals surface area contributed by atoms with Crippen molar-refractivity contribution in [2.45, 2.75) is 0 Å². The lowest BCUT2D eigenvalue weighted by Crippen LogP contribution is -2.22. The van der Waals surface area contributed by atoms with Gasteiger partial charge in [0.1, 0.15) is 5.58 Å². The van der Waals surface area contributed by atoms with Crippen LogP contribution in [-0.2, 0) is 9.53 Å². The Kier molecular flexibility index (Phi) is 6.15. The van der Waals surface area contributed by atoms with Crippen molar-refractivity contribution in [3.05, 3.63) is 72.5 Å². The predicted molar refractivity (Wildman–Crippen MR) is 108 cm³/mol. The summed E-state index contributed by atoms with van der Waals surface area (Å²) in [6, 6.07) is 8.73. The molecule has 2 aromatic carbocycles. The molecule has 0 bridgehead atoms. The Morgan fingerprint density at radius 2 is 1.64 bits per heavy atom. The Bertz CT molecular complexity index is 1130. The SMILES string of the molecule is O=C(COC(=O)c1cc(=O)c2ccccc2o1)Nc1c(Cl)c(Cl)cc(Cl)c1Cl. The number of rotatable bonds is 4. The monoisotopic (exact) mass is 459 g/mol. The third-order valence-electron chi connectivity index (χ3n) is 3.55. The lowest BCUT2D eigenvalue weighted by molar-refractivity contribution is -0.119.